The maximum absolute atomic E-state index is 14.7. The molecule has 2 aliphatic rings. The lowest BCUT2D eigenvalue weighted by Gasteiger charge is -2.34. The van der Waals surface area contributed by atoms with Gasteiger partial charge in [0.15, 0.2) is 11.5 Å². The Morgan fingerprint density at radius 1 is 0.857 bits per heavy atom. The van der Waals surface area contributed by atoms with Gasteiger partial charge in [0.1, 0.15) is 31.6 Å². The van der Waals surface area contributed by atoms with Crippen LogP contribution >= 0.6 is 0 Å². The number of anilines is 1. The van der Waals surface area contributed by atoms with E-state index in [9.17, 15) is 22.4 Å². The Balaban J connectivity index is 1.40. The summed E-state index contributed by atoms with van der Waals surface area (Å²) in [5.41, 5.74) is 2.72. The van der Waals surface area contributed by atoms with Gasteiger partial charge in [0, 0.05) is 25.1 Å². The highest BCUT2D eigenvalue weighted by Crippen LogP contribution is 2.34. The predicted octanol–water partition coefficient (Wildman–Crippen LogP) is 5.80. The predicted molar refractivity (Wildman–Crippen MR) is 184 cm³/mol. The number of rotatable bonds is 12. The molecule has 1 aliphatic heterocycles. The fraction of sp³-hybridized carbons (Fsp3) is 0.316. The second-order valence-electron chi connectivity index (χ2n) is 12.5. The van der Waals surface area contributed by atoms with Gasteiger partial charge in [0.2, 0.25) is 11.8 Å². The van der Waals surface area contributed by atoms with Crippen molar-refractivity contribution in [3.63, 3.8) is 0 Å². The normalized spacial score (nSPS) is 15.0. The van der Waals surface area contributed by atoms with E-state index in [1.807, 2.05) is 61.5 Å². The van der Waals surface area contributed by atoms with Gasteiger partial charge in [-0.3, -0.25) is 13.9 Å². The topological polar surface area (TPSA) is 105 Å². The minimum Gasteiger partial charge on any atom is -0.486 e. The molecule has 0 aromatic heterocycles. The summed E-state index contributed by atoms with van der Waals surface area (Å²) < 4.78 is 55.0. The van der Waals surface area contributed by atoms with Crippen LogP contribution in [-0.4, -0.2) is 57.0 Å². The number of halogens is 1. The molecule has 1 N–H and O–H groups in total. The lowest BCUT2D eigenvalue weighted by atomic mass is 10.0. The fourth-order valence-electron chi connectivity index (χ4n) is 6.38. The van der Waals surface area contributed by atoms with Gasteiger partial charge in [-0.25, -0.2) is 12.8 Å². The van der Waals surface area contributed by atoms with Gasteiger partial charge in [-0.05, 0) is 67.3 Å². The van der Waals surface area contributed by atoms with Crippen molar-refractivity contribution in [1.29, 1.82) is 0 Å². The van der Waals surface area contributed by atoms with Crippen molar-refractivity contribution in [3.8, 4) is 11.5 Å². The van der Waals surface area contributed by atoms with Gasteiger partial charge in [-0.1, -0.05) is 73.0 Å². The van der Waals surface area contributed by atoms with E-state index in [1.165, 1.54) is 35.2 Å². The molecule has 49 heavy (non-hydrogen) atoms. The number of nitrogens with zero attached hydrogens (tertiary/aromatic N) is 2. The third kappa shape index (κ3) is 8.22. The van der Waals surface area contributed by atoms with Crippen molar-refractivity contribution in [2.24, 2.45) is 0 Å². The number of carbonyl (C=O) groups is 2. The molecule has 1 heterocycles. The van der Waals surface area contributed by atoms with E-state index >= 15 is 0 Å². The Bertz CT molecular complexity index is 1880. The SMILES string of the molecule is Cc1cccc(CN(C(=O)CN(c2ccc(F)cc2)S(=O)(=O)c2ccc3c(c2)OCCO3)C(Cc2ccccc2)C(=O)NC2CCCC2)c1. The van der Waals surface area contributed by atoms with Crippen LogP contribution in [0.25, 0.3) is 0 Å². The molecule has 6 rings (SSSR count). The molecule has 9 nitrogen and oxygen atoms in total. The van der Waals surface area contributed by atoms with E-state index in [-0.39, 0.29) is 47.9 Å². The van der Waals surface area contributed by atoms with Crippen LogP contribution in [0.4, 0.5) is 10.1 Å². The Labute approximate surface area is 286 Å². The molecular formula is C38H40FN3O6S. The monoisotopic (exact) mass is 685 g/mol. The number of ether oxygens (including phenoxy) is 2. The number of hydrogen-bond donors (Lipinski definition) is 1. The first-order valence-corrected chi connectivity index (χ1v) is 18.0. The van der Waals surface area contributed by atoms with E-state index in [2.05, 4.69) is 5.32 Å². The summed E-state index contributed by atoms with van der Waals surface area (Å²) in [5, 5.41) is 3.18. The number of hydrogen-bond acceptors (Lipinski definition) is 6. The van der Waals surface area contributed by atoms with Crippen LogP contribution in [-0.2, 0) is 32.6 Å². The highest BCUT2D eigenvalue weighted by Gasteiger charge is 2.36. The second kappa shape index (κ2) is 15.1. The number of aryl methyl sites for hydroxylation is 1. The Kier molecular flexibility index (Phi) is 10.5. The van der Waals surface area contributed by atoms with Crippen molar-refractivity contribution in [2.75, 3.05) is 24.1 Å². The number of nitrogens with one attached hydrogen (secondary N) is 1. The van der Waals surface area contributed by atoms with Gasteiger partial charge in [-0.2, -0.15) is 0 Å². The van der Waals surface area contributed by atoms with Crippen LogP contribution in [0.1, 0.15) is 42.4 Å². The summed E-state index contributed by atoms with van der Waals surface area (Å²) in [6.07, 6.45) is 3.99. The molecule has 2 amide bonds. The summed E-state index contributed by atoms with van der Waals surface area (Å²) in [6.45, 7) is 1.97. The molecule has 0 bridgehead atoms. The maximum Gasteiger partial charge on any atom is 0.264 e. The smallest absolute Gasteiger partial charge is 0.264 e. The molecule has 0 spiro atoms. The summed E-state index contributed by atoms with van der Waals surface area (Å²) in [5.74, 6) is -0.755. The third-order valence-corrected chi connectivity index (χ3v) is 10.7. The standard InChI is InChI=1S/C38H40FN3O6S/c1-27-8-7-11-29(22-27)25-41(34(23-28-9-3-2-4-10-28)38(44)40-31-12-5-6-13-31)37(43)26-42(32-16-14-30(39)15-17-32)49(45,46)33-18-19-35-36(24-33)48-21-20-47-35/h2-4,7-11,14-19,22,24,31,34H,5-6,12-13,20-21,23,25-26H2,1H3,(H,40,44). The molecule has 0 radical (unpaired) electrons. The highest BCUT2D eigenvalue weighted by molar-refractivity contribution is 7.92. The number of carbonyl (C=O) groups excluding carboxylic acids is 2. The molecule has 1 atom stereocenters. The first kappa shape index (κ1) is 34.0. The Morgan fingerprint density at radius 2 is 1.55 bits per heavy atom. The molecule has 1 aliphatic carbocycles. The van der Waals surface area contributed by atoms with Crippen LogP contribution in [0, 0.1) is 12.7 Å². The average molecular weight is 686 g/mol. The summed E-state index contributed by atoms with van der Waals surface area (Å²) >= 11 is 0. The fourth-order valence-corrected chi connectivity index (χ4v) is 7.81. The zero-order chi connectivity index (χ0) is 34.4. The van der Waals surface area contributed by atoms with Gasteiger partial charge in [-0.15, -0.1) is 0 Å². The van der Waals surface area contributed by atoms with Crippen LogP contribution in [0.3, 0.4) is 0 Å². The minimum atomic E-state index is -4.40. The molecule has 11 heteroatoms. The van der Waals surface area contributed by atoms with E-state index in [4.69, 9.17) is 9.47 Å². The summed E-state index contributed by atoms with van der Waals surface area (Å²) in [6, 6.07) is 25.4. The molecule has 4 aromatic carbocycles. The van der Waals surface area contributed by atoms with Gasteiger partial charge in [0.25, 0.3) is 10.0 Å². The van der Waals surface area contributed by atoms with Crippen molar-refractivity contribution in [1.82, 2.24) is 10.2 Å². The van der Waals surface area contributed by atoms with E-state index < -0.39 is 34.3 Å². The molecule has 256 valence electrons. The van der Waals surface area contributed by atoms with Crippen LogP contribution in [0.5, 0.6) is 11.5 Å². The highest BCUT2D eigenvalue weighted by atomic mass is 32.2. The lowest BCUT2D eigenvalue weighted by molar-refractivity contribution is -0.140. The van der Waals surface area contributed by atoms with Crippen molar-refractivity contribution < 1.29 is 31.9 Å². The Hall–Kier alpha value is -4.90. The summed E-state index contributed by atoms with van der Waals surface area (Å²) in [4.78, 5) is 30.2. The van der Waals surface area contributed by atoms with Crippen LogP contribution < -0.4 is 19.1 Å². The van der Waals surface area contributed by atoms with E-state index in [0.717, 1.165) is 58.8 Å². The van der Waals surface area contributed by atoms with Gasteiger partial charge < -0.3 is 19.7 Å². The zero-order valence-electron chi connectivity index (χ0n) is 27.4. The number of fused-ring (bicyclic) bond motifs is 1. The van der Waals surface area contributed by atoms with E-state index in [1.54, 1.807) is 0 Å². The first-order chi connectivity index (χ1) is 23.7. The third-order valence-electron chi connectivity index (χ3n) is 8.90. The molecule has 1 saturated carbocycles. The maximum atomic E-state index is 14.7. The van der Waals surface area contributed by atoms with Crippen LogP contribution in [0.2, 0.25) is 0 Å². The summed E-state index contributed by atoms with van der Waals surface area (Å²) in [7, 11) is -4.40. The van der Waals surface area contributed by atoms with Crippen molar-refractivity contribution in [2.45, 2.75) is 62.6 Å². The van der Waals surface area contributed by atoms with Gasteiger partial charge in [0.05, 0.1) is 10.6 Å². The van der Waals surface area contributed by atoms with Gasteiger partial charge >= 0.3 is 0 Å². The van der Waals surface area contributed by atoms with Crippen molar-refractivity contribution in [3.05, 3.63) is 120 Å². The minimum absolute atomic E-state index is 0.00740. The number of benzene rings is 4. The number of amides is 2. The Morgan fingerprint density at radius 3 is 2.27 bits per heavy atom. The first-order valence-electron chi connectivity index (χ1n) is 16.5. The molecule has 1 fully saturated rings. The van der Waals surface area contributed by atoms with Crippen molar-refractivity contribution >= 4 is 27.5 Å². The molecule has 4 aromatic rings. The zero-order valence-corrected chi connectivity index (χ0v) is 28.2. The average Bonchev–Trinajstić information content (AvgIpc) is 3.62. The number of sulfonamides is 1. The quantitative estimate of drug-likeness (QED) is 0.202. The lowest BCUT2D eigenvalue weighted by Crippen LogP contribution is -2.54. The van der Waals surface area contributed by atoms with E-state index in [0.29, 0.717) is 12.4 Å². The molecule has 0 saturated heterocycles. The largest absolute Gasteiger partial charge is 0.486 e. The molecular weight excluding hydrogens is 645 g/mol. The molecule has 1 unspecified atom stereocenters. The second-order valence-corrected chi connectivity index (χ2v) is 14.4. The van der Waals surface area contributed by atoms with Crippen LogP contribution in [0.15, 0.2) is 102 Å².